The summed E-state index contributed by atoms with van der Waals surface area (Å²) in [5, 5.41) is 2.99. The van der Waals surface area contributed by atoms with E-state index >= 15 is 0 Å². The predicted molar refractivity (Wildman–Crippen MR) is 99.4 cm³/mol. The predicted octanol–water partition coefficient (Wildman–Crippen LogP) is 2.66. The van der Waals surface area contributed by atoms with Gasteiger partial charge in [0.15, 0.2) is 0 Å². The van der Waals surface area contributed by atoms with Crippen molar-refractivity contribution in [2.75, 3.05) is 26.1 Å². The quantitative estimate of drug-likeness (QED) is 0.713. The van der Waals surface area contributed by atoms with Crippen LogP contribution in [0.2, 0.25) is 5.02 Å². The molecule has 0 radical (unpaired) electrons. The lowest BCUT2D eigenvalue weighted by molar-refractivity contribution is -0.116. The number of ether oxygens (including phenoxy) is 2. The van der Waals surface area contributed by atoms with E-state index in [1.807, 2.05) is 0 Å². The van der Waals surface area contributed by atoms with Gasteiger partial charge in [0, 0.05) is 24.1 Å². The van der Waals surface area contributed by atoms with Crippen molar-refractivity contribution >= 4 is 33.2 Å². The summed E-state index contributed by atoms with van der Waals surface area (Å²) in [4.78, 5) is 12.1. The molecule has 140 valence electrons. The molecule has 1 amide bonds. The Labute approximate surface area is 157 Å². The van der Waals surface area contributed by atoms with Crippen LogP contribution in [0.25, 0.3) is 0 Å². The number of halogens is 1. The molecule has 0 spiro atoms. The lowest BCUT2D eigenvalue weighted by atomic mass is 10.2. The summed E-state index contributed by atoms with van der Waals surface area (Å²) in [6, 6.07) is 10.9. The first kappa shape index (κ1) is 20.0. The Balaban J connectivity index is 1.95. The minimum Gasteiger partial charge on any atom is -0.497 e. The Kier molecular flexibility index (Phi) is 6.84. The van der Waals surface area contributed by atoms with E-state index in [4.69, 9.17) is 21.1 Å². The number of carbonyl (C=O) groups excluding carboxylic acids is 1. The average molecular weight is 399 g/mol. The number of benzene rings is 2. The van der Waals surface area contributed by atoms with Gasteiger partial charge < -0.3 is 14.8 Å². The number of rotatable bonds is 8. The second-order valence-electron chi connectivity index (χ2n) is 5.22. The van der Waals surface area contributed by atoms with Gasteiger partial charge in [0.2, 0.25) is 15.9 Å². The van der Waals surface area contributed by atoms with Crippen molar-refractivity contribution < 1.29 is 22.7 Å². The van der Waals surface area contributed by atoms with Gasteiger partial charge in [0.1, 0.15) is 11.5 Å². The second-order valence-corrected chi connectivity index (χ2v) is 7.42. The molecule has 2 N–H and O–H groups in total. The van der Waals surface area contributed by atoms with Crippen molar-refractivity contribution in [2.45, 2.75) is 11.3 Å². The number of hydrogen-bond acceptors (Lipinski definition) is 5. The zero-order chi connectivity index (χ0) is 19.2. The number of methoxy groups -OCH3 is 2. The lowest BCUT2D eigenvalue weighted by Crippen LogP contribution is -2.27. The fraction of sp³-hybridized carbons (Fsp3) is 0.235. The van der Waals surface area contributed by atoms with Crippen LogP contribution in [0.1, 0.15) is 6.42 Å². The van der Waals surface area contributed by atoms with Crippen molar-refractivity contribution in [1.82, 2.24) is 4.72 Å². The molecule has 9 heteroatoms. The highest BCUT2D eigenvalue weighted by atomic mass is 35.5. The van der Waals surface area contributed by atoms with Crippen LogP contribution in [0.5, 0.6) is 11.5 Å². The summed E-state index contributed by atoms with van der Waals surface area (Å²) in [5.41, 5.74) is 0.439. The van der Waals surface area contributed by atoms with Crippen molar-refractivity contribution in [1.29, 1.82) is 0 Å². The standard InChI is InChI=1S/C17H19ClN2O5S/c1-24-13-6-7-16(25-2)15(11-13)20-17(21)8-9-19-26(22,23)14-5-3-4-12(18)10-14/h3-7,10-11,19H,8-9H2,1-2H3,(H,20,21). The van der Waals surface area contributed by atoms with Crippen molar-refractivity contribution in [3.8, 4) is 11.5 Å². The van der Waals surface area contributed by atoms with Crippen LogP contribution in [0.4, 0.5) is 5.69 Å². The van der Waals surface area contributed by atoms with E-state index in [0.29, 0.717) is 22.2 Å². The highest BCUT2D eigenvalue weighted by molar-refractivity contribution is 7.89. The zero-order valence-electron chi connectivity index (χ0n) is 14.3. The largest absolute Gasteiger partial charge is 0.497 e. The number of amides is 1. The molecule has 0 aromatic heterocycles. The number of anilines is 1. The fourth-order valence-electron chi connectivity index (χ4n) is 2.14. The maximum atomic E-state index is 12.2. The van der Waals surface area contributed by atoms with Gasteiger partial charge in [0.05, 0.1) is 24.8 Å². The summed E-state index contributed by atoms with van der Waals surface area (Å²) in [6.07, 6.45) is -0.0554. The van der Waals surface area contributed by atoms with Gasteiger partial charge in [-0.05, 0) is 30.3 Å². The summed E-state index contributed by atoms with van der Waals surface area (Å²) in [7, 11) is -0.739. The smallest absolute Gasteiger partial charge is 0.240 e. The maximum absolute atomic E-state index is 12.2. The van der Waals surface area contributed by atoms with Gasteiger partial charge in [-0.3, -0.25) is 4.79 Å². The monoisotopic (exact) mass is 398 g/mol. The van der Waals surface area contributed by atoms with Crippen molar-refractivity contribution in [2.24, 2.45) is 0 Å². The minimum absolute atomic E-state index is 0.0415. The van der Waals surface area contributed by atoms with Crippen LogP contribution < -0.4 is 19.5 Å². The number of carbonyl (C=O) groups is 1. The average Bonchev–Trinajstić information content (AvgIpc) is 2.61. The molecule has 0 saturated heterocycles. The van der Waals surface area contributed by atoms with Crippen LogP contribution >= 0.6 is 11.6 Å². The first-order valence-corrected chi connectivity index (χ1v) is 9.49. The molecule has 7 nitrogen and oxygen atoms in total. The molecule has 26 heavy (non-hydrogen) atoms. The Morgan fingerprint density at radius 2 is 1.88 bits per heavy atom. The molecule has 0 aliphatic heterocycles. The zero-order valence-corrected chi connectivity index (χ0v) is 15.9. The molecule has 0 bridgehead atoms. The van der Waals surface area contributed by atoms with E-state index < -0.39 is 10.0 Å². The van der Waals surface area contributed by atoms with Gasteiger partial charge in [0.25, 0.3) is 0 Å². The molecular formula is C17H19ClN2O5S. The molecule has 2 aromatic carbocycles. The van der Waals surface area contributed by atoms with E-state index in [2.05, 4.69) is 10.0 Å². The van der Waals surface area contributed by atoms with Crippen LogP contribution in [0.3, 0.4) is 0 Å². The van der Waals surface area contributed by atoms with E-state index in [-0.39, 0.29) is 23.8 Å². The fourth-order valence-corrected chi connectivity index (χ4v) is 3.47. The van der Waals surface area contributed by atoms with Crippen LogP contribution in [0, 0.1) is 0 Å². The lowest BCUT2D eigenvalue weighted by Gasteiger charge is -2.12. The molecule has 2 aromatic rings. The Morgan fingerprint density at radius 1 is 1.12 bits per heavy atom. The normalized spacial score (nSPS) is 11.0. The topological polar surface area (TPSA) is 93.7 Å². The second kappa shape index (κ2) is 8.88. The first-order valence-electron chi connectivity index (χ1n) is 7.63. The molecule has 0 fully saturated rings. The van der Waals surface area contributed by atoms with Crippen molar-refractivity contribution in [3.05, 3.63) is 47.5 Å². The van der Waals surface area contributed by atoms with Crippen LogP contribution in [-0.2, 0) is 14.8 Å². The molecule has 0 unspecified atom stereocenters. The number of sulfonamides is 1. The SMILES string of the molecule is COc1ccc(OC)c(NC(=O)CCNS(=O)(=O)c2cccc(Cl)c2)c1. The van der Waals surface area contributed by atoms with Crippen molar-refractivity contribution in [3.63, 3.8) is 0 Å². The highest BCUT2D eigenvalue weighted by Gasteiger charge is 2.15. The third kappa shape index (κ3) is 5.35. The molecule has 0 heterocycles. The third-order valence-corrected chi connectivity index (χ3v) is 5.13. The van der Waals surface area contributed by atoms with Gasteiger partial charge in [-0.25, -0.2) is 13.1 Å². The summed E-state index contributed by atoms with van der Waals surface area (Å²) in [5.74, 6) is 0.659. The molecule has 0 atom stereocenters. The van der Waals surface area contributed by atoms with E-state index in [0.717, 1.165) is 0 Å². The van der Waals surface area contributed by atoms with Crippen LogP contribution in [0.15, 0.2) is 47.4 Å². The van der Waals surface area contributed by atoms with Crippen LogP contribution in [-0.4, -0.2) is 35.1 Å². The third-order valence-electron chi connectivity index (χ3n) is 3.43. The molecule has 2 rings (SSSR count). The van der Waals surface area contributed by atoms with Gasteiger partial charge in [-0.15, -0.1) is 0 Å². The molecular weight excluding hydrogens is 380 g/mol. The summed E-state index contributed by atoms with van der Waals surface area (Å²) in [6.45, 7) is -0.0625. The summed E-state index contributed by atoms with van der Waals surface area (Å²) < 4.78 is 37.0. The van der Waals surface area contributed by atoms with Gasteiger partial charge in [-0.2, -0.15) is 0 Å². The minimum atomic E-state index is -3.73. The highest BCUT2D eigenvalue weighted by Crippen LogP contribution is 2.28. The van der Waals surface area contributed by atoms with E-state index in [1.165, 1.54) is 26.4 Å². The van der Waals surface area contributed by atoms with Gasteiger partial charge >= 0.3 is 0 Å². The Bertz CT molecular complexity index is 886. The Hall–Kier alpha value is -2.29. The van der Waals surface area contributed by atoms with Gasteiger partial charge in [-0.1, -0.05) is 17.7 Å². The number of hydrogen-bond donors (Lipinski definition) is 2. The maximum Gasteiger partial charge on any atom is 0.240 e. The molecule has 0 aliphatic rings. The van der Waals surface area contributed by atoms with E-state index in [9.17, 15) is 13.2 Å². The van der Waals surface area contributed by atoms with E-state index in [1.54, 1.807) is 30.3 Å². The molecule has 0 aliphatic carbocycles. The number of nitrogens with one attached hydrogen (secondary N) is 2. The molecule has 0 saturated carbocycles. The first-order chi connectivity index (χ1) is 12.4. The summed E-state index contributed by atoms with van der Waals surface area (Å²) >= 11 is 5.80. The Morgan fingerprint density at radius 3 is 2.54 bits per heavy atom.